The van der Waals surface area contributed by atoms with Crippen molar-refractivity contribution >= 4 is 0 Å². The standard InChI is InChI=1S/C27H43NO3/c1-18(16-28-12-13-31-19(2)17-28)23-9-10-24-22(6-5-11-27(23,24)4)8-7-21-14-25(29)20(3)26(30)15-21/h7-8,18-19,23-26,29-30H,3,5-6,9-17H2,1-2,4H3/t18?,19?,23-,24+,25-,26-,27-/m1/s1. The third-order valence-electron chi connectivity index (χ3n) is 8.90. The molecular formula is C27H43NO3. The maximum Gasteiger partial charge on any atom is 0.0809 e. The van der Waals surface area contributed by atoms with Crippen LogP contribution < -0.4 is 0 Å². The first-order valence-corrected chi connectivity index (χ1v) is 12.5. The van der Waals surface area contributed by atoms with Crippen molar-refractivity contribution in [1.29, 1.82) is 0 Å². The SMILES string of the molecule is C=C1[C@H](O)CC(=CC=C2CCC[C@]3(C)[C@@H](C(C)CN4CCOC(C)C4)CC[C@@H]23)C[C@H]1O. The first kappa shape index (κ1) is 23.2. The number of aliphatic hydroxyl groups excluding tert-OH is 2. The second-order valence-electron chi connectivity index (χ2n) is 11.1. The third kappa shape index (κ3) is 4.88. The molecule has 174 valence electrons. The summed E-state index contributed by atoms with van der Waals surface area (Å²) in [6, 6.07) is 0. The van der Waals surface area contributed by atoms with Crippen LogP contribution in [0.2, 0.25) is 0 Å². The zero-order valence-corrected chi connectivity index (χ0v) is 19.9. The van der Waals surface area contributed by atoms with Crippen molar-refractivity contribution in [3.05, 3.63) is 35.5 Å². The molecule has 3 aliphatic carbocycles. The summed E-state index contributed by atoms with van der Waals surface area (Å²) in [6.07, 6.45) is 11.4. The molecule has 0 spiro atoms. The molecule has 0 bridgehead atoms. The Morgan fingerprint density at radius 1 is 1.23 bits per heavy atom. The molecule has 2 N–H and O–H groups in total. The first-order valence-electron chi connectivity index (χ1n) is 12.5. The number of fused-ring (bicyclic) bond motifs is 1. The number of allylic oxidation sites excluding steroid dienone is 3. The van der Waals surface area contributed by atoms with Gasteiger partial charge in [-0.15, -0.1) is 0 Å². The van der Waals surface area contributed by atoms with Crippen molar-refractivity contribution in [3.8, 4) is 0 Å². The van der Waals surface area contributed by atoms with Gasteiger partial charge in [0.15, 0.2) is 0 Å². The minimum atomic E-state index is -0.607. The predicted molar refractivity (Wildman–Crippen MR) is 126 cm³/mol. The van der Waals surface area contributed by atoms with E-state index in [1.54, 1.807) is 5.57 Å². The maximum atomic E-state index is 10.2. The number of hydrogen-bond donors (Lipinski definition) is 2. The van der Waals surface area contributed by atoms with Crippen LogP contribution in [-0.2, 0) is 4.74 Å². The van der Waals surface area contributed by atoms with E-state index in [2.05, 4.69) is 44.4 Å². The zero-order chi connectivity index (χ0) is 22.2. The van der Waals surface area contributed by atoms with E-state index in [0.29, 0.717) is 41.8 Å². The molecule has 31 heavy (non-hydrogen) atoms. The highest BCUT2D eigenvalue weighted by molar-refractivity contribution is 5.29. The Bertz CT molecular complexity index is 712. The fourth-order valence-corrected chi connectivity index (χ4v) is 7.23. The van der Waals surface area contributed by atoms with Gasteiger partial charge in [-0.2, -0.15) is 0 Å². The molecular weight excluding hydrogens is 386 g/mol. The van der Waals surface area contributed by atoms with E-state index in [1.807, 2.05) is 0 Å². The molecule has 4 fully saturated rings. The van der Waals surface area contributed by atoms with E-state index >= 15 is 0 Å². The summed E-state index contributed by atoms with van der Waals surface area (Å²) in [5.41, 5.74) is 3.72. The lowest BCUT2D eigenvalue weighted by molar-refractivity contribution is -0.0298. The number of aliphatic hydroxyl groups is 2. The second kappa shape index (κ2) is 9.51. The van der Waals surface area contributed by atoms with Crippen molar-refractivity contribution in [2.45, 2.75) is 84.0 Å². The highest BCUT2D eigenvalue weighted by Crippen LogP contribution is 2.59. The quantitative estimate of drug-likeness (QED) is 0.647. The van der Waals surface area contributed by atoms with Crippen LogP contribution in [0.5, 0.6) is 0 Å². The molecule has 0 amide bonds. The Morgan fingerprint density at radius 3 is 2.68 bits per heavy atom. The number of rotatable bonds is 4. The van der Waals surface area contributed by atoms with Gasteiger partial charge in [-0.1, -0.05) is 43.7 Å². The molecule has 1 heterocycles. The van der Waals surface area contributed by atoms with Gasteiger partial charge >= 0.3 is 0 Å². The van der Waals surface area contributed by atoms with Crippen LogP contribution in [-0.4, -0.2) is 59.7 Å². The topological polar surface area (TPSA) is 52.9 Å². The normalized spacial score (nSPS) is 42.0. The molecule has 0 aromatic rings. The van der Waals surface area contributed by atoms with Gasteiger partial charge in [0.05, 0.1) is 24.9 Å². The minimum absolute atomic E-state index is 0.360. The molecule has 1 saturated heterocycles. The fraction of sp³-hybridized carbons (Fsp3) is 0.778. The van der Waals surface area contributed by atoms with Crippen molar-refractivity contribution in [2.75, 3.05) is 26.2 Å². The maximum absolute atomic E-state index is 10.2. The average molecular weight is 430 g/mol. The van der Waals surface area contributed by atoms with Gasteiger partial charge in [0.1, 0.15) is 0 Å². The number of hydrogen-bond acceptors (Lipinski definition) is 4. The van der Waals surface area contributed by atoms with Crippen molar-refractivity contribution in [1.82, 2.24) is 4.90 Å². The predicted octanol–water partition coefficient (Wildman–Crippen LogP) is 4.48. The highest BCUT2D eigenvalue weighted by atomic mass is 16.5. The summed E-state index contributed by atoms with van der Waals surface area (Å²) >= 11 is 0. The van der Waals surface area contributed by atoms with Gasteiger partial charge in [-0.3, -0.25) is 4.90 Å². The van der Waals surface area contributed by atoms with Crippen LogP contribution in [0, 0.1) is 23.2 Å². The summed E-state index contributed by atoms with van der Waals surface area (Å²) in [5.74, 6) is 2.18. The number of ether oxygens (including phenoxy) is 1. The monoisotopic (exact) mass is 429 g/mol. The third-order valence-corrected chi connectivity index (χ3v) is 8.90. The molecule has 0 radical (unpaired) electrons. The summed E-state index contributed by atoms with van der Waals surface area (Å²) in [4.78, 5) is 2.62. The van der Waals surface area contributed by atoms with Crippen LogP contribution in [0.3, 0.4) is 0 Å². The van der Waals surface area contributed by atoms with Gasteiger partial charge in [-0.05, 0) is 80.6 Å². The average Bonchev–Trinajstić information content (AvgIpc) is 3.08. The molecule has 4 rings (SSSR count). The molecule has 4 nitrogen and oxygen atoms in total. The lowest BCUT2D eigenvalue weighted by Gasteiger charge is -2.45. The second-order valence-corrected chi connectivity index (χ2v) is 11.1. The van der Waals surface area contributed by atoms with Crippen molar-refractivity contribution in [3.63, 3.8) is 0 Å². The van der Waals surface area contributed by atoms with E-state index in [1.165, 1.54) is 38.6 Å². The number of morpholine rings is 1. The summed E-state index contributed by atoms with van der Waals surface area (Å²) in [7, 11) is 0. The van der Waals surface area contributed by atoms with Crippen LogP contribution >= 0.6 is 0 Å². The van der Waals surface area contributed by atoms with Gasteiger partial charge in [-0.25, -0.2) is 0 Å². The highest BCUT2D eigenvalue weighted by Gasteiger charge is 2.50. The summed E-state index contributed by atoms with van der Waals surface area (Å²) < 4.78 is 5.74. The van der Waals surface area contributed by atoms with E-state index in [0.717, 1.165) is 31.2 Å². The Morgan fingerprint density at radius 2 is 1.97 bits per heavy atom. The van der Waals surface area contributed by atoms with Crippen LogP contribution in [0.15, 0.2) is 35.5 Å². The van der Waals surface area contributed by atoms with E-state index in [9.17, 15) is 10.2 Å². The lowest BCUT2D eigenvalue weighted by Crippen LogP contribution is -2.45. The zero-order valence-electron chi connectivity index (χ0n) is 19.9. The van der Waals surface area contributed by atoms with Gasteiger partial charge in [0, 0.05) is 19.6 Å². The van der Waals surface area contributed by atoms with Crippen molar-refractivity contribution in [2.24, 2.45) is 23.2 Å². The lowest BCUT2D eigenvalue weighted by atomic mass is 9.61. The Labute approximate surface area is 189 Å². The molecule has 3 saturated carbocycles. The van der Waals surface area contributed by atoms with E-state index < -0.39 is 12.2 Å². The summed E-state index contributed by atoms with van der Waals surface area (Å²) in [6.45, 7) is 15.3. The fourth-order valence-electron chi connectivity index (χ4n) is 7.23. The number of nitrogens with zero attached hydrogens (tertiary/aromatic N) is 1. The molecule has 4 aliphatic rings. The largest absolute Gasteiger partial charge is 0.388 e. The van der Waals surface area contributed by atoms with Gasteiger partial charge in [0.25, 0.3) is 0 Å². The van der Waals surface area contributed by atoms with Crippen LogP contribution in [0.4, 0.5) is 0 Å². The van der Waals surface area contributed by atoms with Gasteiger partial charge < -0.3 is 14.9 Å². The van der Waals surface area contributed by atoms with Gasteiger partial charge in [0.2, 0.25) is 0 Å². The minimum Gasteiger partial charge on any atom is -0.388 e. The molecule has 0 aromatic heterocycles. The molecule has 0 aromatic carbocycles. The molecule has 1 aliphatic heterocycles. The first-order chi connectivity index (χ1) is 14.8. The molecule has 7 atom stereocenters. The van der Waals surface area contributed by atoms with Crippen molar-refractivity contribution < 1.29 is 14.9 Å². The Kier molecular flexibility index (Phi) is 7.12. The Hall–Kier alpha value is -0.940. The molecule has 2 unspecified atom stereocenters. The van der Waals surface area contributed by atoms with Crippen LogP contribution in [0.1, 0.15) is 65.7 Å². The van der Waals surface area contributed by atoms with E-state index in [4.69, 9.17) is 4.74 Å². The summed E-state index contributed by atoms with van der Waals surface area (Å²) in [5, 5.41) is 20.3. The smallest absolute Gasteiger partial charge is 0.0809 e. The van der Waals surface area contributed by atoms with E-state index in [-0.39, 0.29) is 0 Å². The van der Waals surface area contributed by atoms with Crippen LogP contribution in [0.25, 0.3) is 0 Å². The Balaban J connectivity index is 1.44. The molecule has 4 heteroatoms.